The van der Waals surface area contributed by atoms with Gasteiger partial charge in [-0.05, 0) is 30.5 Å². The molecule has 3 N–H and O–H groups in total. The normalized spacial score (nSPS) is 30.4. The molecule has 1 spiro atoms. The third-order valence-electron chi connectivity index (χ3n) is 7.34. The number of anilines is 1. The van der Waals surface area contributed by atoms with Crippen LogP contribution in [0.2, 0.25) is 5.02 Å². The molecule has 3 aliphatic rings. The summed E-state index contributed by atoms with van der Waals surface area (Å²) in [6, 6.07) is 15.4. The van der Waals surface area contributed by atoms with Gasteiger partial charge in [-0.3, -0.25) is 14.4 Å². The van der Waals surface area contributed by atoms with Crippen LogP contribution >= 0.6 is 27.5 Å². The van der Waals surface area contributed by atoms with E-state index in [1.54, 1.807) is 24.3 Å². The Morgan fingerprint density at radius 1 is 1.14 bits per heavy atom. The minimum atomic E-state index is -1.16. The van der Waals surface area contributed by atoms with Crippen molar-refractivity contribution in [1.29, 1.82) is 0 Å². The lowest BCUT2D eigenvalue weighted by molar-refractivity contribution is -0.141. The third kappa shape index (κ3) is 4.22. The SMILES string of the molecule is O=C(Nc1ccccc1Cl)C1N(CCCO)C(=O)[C@@H]2[C@H](C(=O)NCc3ccccc3)[C@H]3OC12CC3Br. The highest BCUT2D eigenvalue weighted by Gasteiger charge is 2.76. The van der Waals surface area contributed by atoms with E-state index in [0.29, 0.717) is 30.1 Å². The topological polar surface area (TPSA) is 108 Å². The van der Waals surface area contributed by atoms with Crippen LogP contribution in [-0.2, 0) is 25.7 Å². The van der Waals surface area contributed by atoms with Gasteiger partial charge in [0.2, 0.25) is 17.7 Å². The summed E-state index contributed by atoms with van der Waals surface area (Å²) in [6.45, 7) is 0.369. The number of nitrogens with zero attached hydrogens (tertiary/aromatic N) is 1. The number of ether oxygens (including phenoxy) is 1. The van der Waals surface area contributed by atoms with Crippen LogP contribution in [0.4, 0.5) is 5.69 Å². The maximum Gasteiger partial charge on any atom is 0.250 e. The molecule has 3 amide bonds. The van der Waals surface area contributed by atoms with Crippen molar-refractivity contribution in [2.75, 3.05) is 18.5 Å². The van der Waals surface area contributed by atoms with E-state index in [1.165, 1.54) is 4.90 Å². The van der Waals surface area contributed by atoms with E-state index in [4.69, 9.17) is 16.3 Å². The van der Waals surface area contributed by atoms with Crippen molar-refractivity contribution >= 4 is 50.9 Å². The van der Waals surface area contributed by atoms with Crippen LogP contribution in [0.25, 0.3) is 0 Å². The maximum atomic E-state index is 13.8. The number of amides is 3. The average molecular weight is 577 g/mol. The van der Waals surface area contributed by atoms with Gasteiger partial charge in [-0.2, -0.15) is 0 Å². The van der Waals surface area contributed by atoms with Gasteiger partial charge < -0.3 is 25.4 Å². The molecule has 0 saturated carbocycles. The van der Waals surface area contributed by atoms with Crippen LogP contribution in [0.5, 0.6) is 0 Å². The Labute approximate surface area is 222 Å². The number of para-hydroxylation sites is 1. The summed E-state index contributed by atoms with van der Waals surface area (Å²) in [5.41, 5.74) is 0.212. The molecule has 3 unspecified atom stereocenters. The number of aliphatic hydroxyl groups is 1. The molecule has 6 atom stereocenters. The molecule has 36 heavy (non-hydrogen) atoms. The molecule has 10 heteroatoms. The fourth-order valence-corrected chi connectivity index (χ4v) is 7.00. The van der Waals surface area contributed by atoms with Crippen molar-refractivity contribution in [2.45, 2.75) is 42.0 Å². The van der Waals surface area contributed by atoms with Gasteiger partial charge in [-0.25, -0.2) is 0 Å². The van der Waals surface area contributed by atoms with Crippen molar-refractivity contribution < 1.29 is 24.2 Å². The summed E-state index contributed by atoms with van der Waals surface area (Å²) in [7, 11) is 0. The van der Waals surface area contributed by atoms with E-state index in [0.717, 1.165) is 5.56 Å². The van der Waals surface area contributed by atoms with Gasteiger partial charge in [0.15, 0.2) is 0 Å². The van der Waals surface area contributed by atoms with Gasteiger partial charge in [0.1, 0.15) is 11.6 Å². The number of carbonyl (C=O) groups excluding carboxylic acids is 3. The van der Waals surface area contributed by atoms with Crippen LogP contribution in [0.1, 0.15) is 18.4 Å². The molecule has 3 heterocycles. The molecule has 3 saturated heterocycles. The number of halogens is 2. The van der Waals surface area contributed by atoms with E-state index >= 15 is 0 Å². The van der Waals surface area contributed by atoms with Crippen molar-refractivity contribution in [3.05, 3.63) is 65.2 Å². The van der Waals surface area contributed by atoms with Crippen LogP contribution in [-0.4, -0.2) is 63.5 Å². The van der Waals surface area contributed by atoms with Crippen molar-refractivity contribution in [2.24, 2.45) is 11.8 Å². The first-order valence-corrected chi connectivity index (χ1v) is 13.3. The molecule has 2 aromatic carbocycles. The molecule has 0 radical (unpaired) electrons. The second kappa shape index (κ2) is 10.1. The number of hydrogen-bond donors (Lipinski definition) is 3. The highest BCUT2D eigenvalue weighted by atomic mass is 79.9. The zero-order valence-corrected chi connectivity index (χ0v) is 21.7. The second-order valence-corrected chi connectivity index (χ2v) is 11.0. The first-order valence-electron chi connectivity index (χ1n) is 12.0. The Kier molecular flexibility index (Phi) is 7.09. The molecule has 8 nitrogen and oxygen atoms in total. The standard InChI is InChI=1S/C26H27BrClN3O5/c27-16-13-26-20(19(21(16)36-26)23(33)29-14-15-7-2-1-3-8-15)25(35)31(11-6-12-32)22(26)24(34)30-18-10-5-4-9-17(18)28/h1-5,7-10,16,19-22,32H,6,11-14H2,(H,29,33)(H,30,34)/t16?,19-,20-,21-,22?,26?/m0/s1. The summed E-state index contributed by atoms with van der Waals surface area (Å²) in [5, 5.41) is 15.6. The van der Waals surface area contributed by atoms with E-state index in [9.17, 15) is 19.5 Å². The Hall–Kier alpha value is -2.46. The van der Waals surface area contributed by atoms with Crippen LogP contribution in [0, 0.1) is 11.8 Å². The number of alkyl halides is 1. The van der Waals surface area contributed by atoms with Gasteiger partial charge in [0, 0.05) is 24.5 Å². The monoisotopic (exact) mass is 575 g/mol. The smallest absolute Gasteiger partial charge is 0.250 e. The number of carbonyl (C=O) groups is 3. The molecule has 3 aliphatic heterocycles. The van der Waals surface area contributed by atoms with Crippen molar-refractivity contribution in [3.63, 3.8) is 0 Å². The molecule has 190 valence electrons. The first-order chi connectivity index (χ1) is 17.4. The number of aliphatic hydroxyl groups excluding tert-OH is 1. The maximum absolute atomic E-state index is 13.8. The van der Waals surface area contributed by atoms with E-state index in [2.05, 4.69) is 26.6 Å². The van der Waals surface area contributed by atoms with E-state index in [1.807, 2.05) is 30.3 Å². The third-order valence-corrected chi connectivity index (χ3v) is 8.51. The quantitative estimate of drug-likeness (QED) is 0.419. The van der Waals surface area contributed by atoms with Gasteiger partial charge in [-0.15, -0.1) is 0 Å². The lowest BCUT2D eigenvalue weighted by Crippen LogP contribution is -2.54. The Morgan fingerprint density at radius 3 is 2.58 bits per heavy atom. The Balaban J connectivity index is 1.45. The molecule has 0 aromatic heterocycles. The molecule has 2 aromatic rings. The molecule has 5 rings (SSSR count). The van der Waals surface area contributed by atoms with Gasteiger partial charge in [0.05, 0.1) is 28.6 Å². The highest BCUT2D eigenvalue weighted by molar-refractivity contribution is 9.09. The van der Waals surface area contributed by atoms with Crippen LogP contribution in [0.15, 0.2) is 54.6 Å². The molecule has 3 fully saturated rings. The molecule has 2 bridgehead atoms. The number of fused-ring (bicyclic) bond motifs is 1. The number of benzene rings is 2. The first kappa shape index (κ1) is 25.2. The van der Waals surface area contributed by atoms with Crippen molar-refractivity contribution in [1.82, 2.24) is 10.2 Å². The Morgan fingerprint density at radius 2 is 1.86 bits per heavy atom. The van der Waals surface area contributed by atoms with E-state index in [-0.39, 0.29) is 29.8 Å². The lowest BCUT2D eigenvalue weighted by Gasteiger charge is -2.34. The minimum absolute atomic E-state index is 0.133. The molecule has 0 aliphatic carbocycles. The highest BCUT2D eigenvalue weighted by Crippen LogP contribution is 2.60. The Bertz CT molecular complexity index is 1170. The van der Waals surface area contributed by atoms with Gasteiger partial charge >= 0.3 is 0 Å². The van der Waals surface area contributed by atoms with Gasteiger partial charge in [0.25, 0.3) is 0 Å². The van der Waals surface area contributed by atoms with Crippen LogP contribution < -0.4 is 10.6 Å². The minimum Gasteiger partial charge on any atom is -0.396 e. The number of hydrogen-bond acceptors (Lipinski definition) is 5. The summed E-state index contributed by atoms with van der Waals surface area (Å²) in [4.78, 5) is 42.2. The fourth-order valence-electron chi connectivity index (χ4n) is 5.88. The van der Waals surface area contributed by atoms with Crippen molar-refractivity contribution in [3.8, 4) is 0 Å². The summed E-state index contributed by atoms with van der Waals surface area (Å²) >= 11 is 9.92. The van der Waals surface area contributed by atoms with E-state index < -0.39 is 35.5 Å². The second-order valence-electron chi connectivity index (χ2n) is 9.44. The zero-order valence-electron chi connectivity index (χ0n) is 19.4. The summed E-state index contributed by atoms with van der Waals surface area (Å²) in [6.07, 6.45) is 0.175. The van der Waals surface area contributed by atoms with Crippen LogP contribution in [0.3, 0.4) is 0 Å². The molecular formula is C26H27BrClN3O5. The average Bonchev–Trinajstić information content (AvgIpc) is 3.46. The summed E-state index contributed by atoms with van der Waals surface area (Å²) < 4.78 is 6.44. The number of rotatable bonds is 8. The number of nitrogens with one attached hydrogen (secondary N) is 2. The predicted molar refractivity (Wildman–Crippen MR) is 137 cm³/mol. The molecular weight excluding hydrogens is 550 g/mol. The van der Waals surface area contributed by atoms with Gasteiger partial charge in [-0.1, -0.05) is 70.0 Å². The largest absolute Gasteiger partial charge is 0.396 e. The number of likely N-dealkylation sites (tertiary alicyclic amines) is 1. The zero-order chi connectivity index (χ0) is 25.4. The lowest BCUT2D eigenvalue weighted by atomic mass is 9.70. The summed E-state index contributed by atoms with van der Waals surface area (Å²) in [5.74, 6) is -2.54. The fraction of sp³-hybridized carbons (Fsp3) is 0.423. The predicted octanol–water partition coefficient (Wildman–Crippen LogP) is 2.73.